The minimum Gasteiger partial charge on any atom is -0.465 e. The summed E-state index contributed by atoms with van der Waals surface area (Å²) in [7, 11) is 30.5. The molecular weight excluding hydrogens is 1580 g/mol. The molecule has 0 aliphatic carbocycles. The topological polar surface area (TPSA) is 480 Å². The number of thiophene rings is 3. The van der Waals surface area contributed by atoms with Gasteiger partial charge in [0.2, 0.25) is 17.1 Å². The Morgan fingerprint density at radius 3 is 0.963 bits per heavy atom. The number of aromatic nitrogens is 3. The van der Waals surface area contributed by atoms with Gasteiger partial charge in [-0.3, -0.25) is 0 Å². The predicted octanol–water partition coefficient (Wildman–Crippen LogP) is 4.76. The number of fused-ring (bicyclic) bond motifs is 6. The van der Waals surface area contributed by atoms with Gasteiger partial charge in [-0.15, -0.1) is 68.0 Å². The lowest BCUT2D eigenvalue weighted by Crippen LogP contribution is -2.14. The van der Waals surface area contributed by atoms with Crippen molar-refractivity contribution in [1.29, 1.82) is 0 Å². The Hall–Kier alpha value is -10.3. The predicted molar refractivity (Wildman–Crippen MR) is 398 cm³/mol. The van der Waals surface area contributed by atoms with Crippen LogP contribution in [0.2, 0.25) is 12.6 Å². The Bertz CT molecular complexity index is 5750. The van der Waals surface area contributed by atoms with Crippen LogP contribution in [0.25, 0.3) is 62.1 Å². The fourth-order valence-corrected chi connectivity index (χ4v) is 16.4. The highest BCUT2D eigenvalue weighted by Gasteiger charge is 2.23. The van der Waals surface area contributed by atoms with Crippen molar-refractivity contribution >= 4 is 242 Å². The summed E-state index contributed by atoms with van der Waals surface area (Å²) in [6.07, 6.45) is 2.34. The van der Waals surface area contributed by atoms with E-state index >= 15 is 0 Å². The number of carbonyl (C=O) groups is 8. The zero-order valence-corrected chi connectivity index (χ0v) is 62.7. The van der Waals surface area contributed by atoms with Crippen LogP contribution >= 0.6 is 68.0 Å². The van der Waals surface area contributed by atoms with Crippen LogP contribution in [-0.2, 0) is 94.6 Å². The van der Waals surface area contributed by atoms with Crippen molar-refractivity contribution in [2.75, 3.05) is 42.7 Å². The Balaban J connectivity index is 0.000000181. The Kier molecular flexibility index (Phi) is 29.5. The Morgan fingerprint density at radius 2 is 0.630 bits per heavy atom. The van der Waals surface area contributed by atoms with Gasteiger partial charge in [0.05, 0.1) is 134 Å². The van der Waals surface area contributed by atoms with Crippen molar-refractivity contribution in [1.82, 2.24) is 15.0 Å². The number of hydrogen-bond acceptors (Lipinski definition) is 39. The largest absolute Gasteiger partial charge is 0.465 e. The van der Waals surface area contributed by atoms with Crippen molar-refractivity contribution in [2.45, 2.75) is 49.8 Å². The molecular formula is C61H43B6N3O30S8. The SMILES string of the molecule is [B]C(=O)Cc1cc2oc(=O)c(C(=O)OC)cc2s1.[B]C(=O)Cc1nc2oc(=O)c(C(=O)OC)cc2s1.[B]CCc1cc2oc(=O)c(C(=O)OC)cc2s1.[B]CCc1nc2oc(=O)c(C(=O)OC)cc2s1.[B]S(=O)(=O)Cc1cc2oc(=O)c(C(=O)OC)cc2s1.[B]S(=O)(=O)Cc1nc2oc(=O)c(C(=O)OC)cc2s1. The first-order valence-electron chi connectivity index (χ1n) is 29.4. The van der Waals surface area contributed by atoms with Crippen molar-refractivity contribution in [3.8, 4) is 0 Å². The molecule has 0 spiro atoms. The van der Waals surface area contributed by atoms with Crippen LogP contribution in [0.5, 0.6) is 0 Å². The average Bonchev–Trinajstić information content (AvgIpc) is 1.64. The summed E-state index contributed by atoms with van der Waals surface area (Å²) in [6, 6.07) is 13.0. The highest BCUT2D eigenvalue weighted by Crippen LogP contribution is 2.30. The summed E-state index contributed by atoms with van der Waals surface area (Å²) < 4.78 is 104. The van der Waals surface area contributed by atoms with E-state index in [1.165, 1.54) is 97.8 Å². The Labute approximate surface area is 635 Å². The van der Waals surface area contributed by atoms with Crippen LogP contribution in [-0.4, -0.2) is 167 Å². The highest BCUT2D eigenvalue weighted by atomic mass is 32.2. The van der Waals surface area contributed by atoms with E-state index in [4.69, 9.17) is 72.1 Å². The number of aryl methyl sites for hydroxylation is 2. The summed E-state index contributed by atoms with van der Waals surface area (Å²) in [4.78, 5) is 172. The molecule has 12 aromatic rings. The highest BCUT2D eigenvalue weighted by molar-refractivity contribution is 8.12. The molecule has 548 valence electrons. The molecule has 47 heteroatoms. The van der Waals surface area contributed by atoms with E-state index in [-0.39, 0.29) is 79.7 Å². The van der Waals surface area contributed by atoms with Gasteiger partial charge in [-0.25, -0.2) is 89.3 Å². The summed E-state index contributed by atoms with van der Waals surface area (Å²) in [5.74, 6) is -5.41. The van der Waals surface area contributed by atoms with Gasteiger partial charge in [0.25, 0.3) is 14.2 Å². The second-order valence-electron chi connectivity index (χ2n) is 20.8. The first-order chi connectivity index (χ1) is 50.9. The lowest BCUT2D eigenvalue weighted by atomic mass is 9.99. The van der Waals surface area contributed by atoms with Gasteiger partial charge in [-0.1, -0.05) is 12.6 Å². The van der Waals surface area contributed by atoms with E-state index in [1.807, 2.05) is 0 Å². The molecule has 12 aromatic heterocycles. The fourth-order valence-electron chi connectivity index (χ4n) is 8.46. The van der Waals surface area contributed by atoms with Crippen molar-refractivity contribution in [3.63, 3.8) is 0 Å². The number of ether oxygens (including phenoxy) is 6. The normalized spacial score (nSPS) is 10.9. The summed E-state index contributed by atoms with van der Waals surface area (Å²) >= 11 is 7.19. The number of carbonyl (C=O) groups excluding carboxylic acids is 8. The van der Waals surface area contributed by atoms with Crippen molar-refractivity contribution in [3.05, 3.63) is 180 Å². The van der Waals surface area contributed by atoms with Crippen LogP contribution in [0, 0.1) is 0 Å². The van der Waals surface area contributed by atoms with E-state index < -0.39 is 106 Å². The maximum atomic E-state index is 11.5. The molecule has 0 aliphatic rings. The zero-order valence-electron chi connectivity index (χ0n) is 56.2. The number of methoxy groups -OCH3 is 6. The number of esters is 6. The van der Waals surface area contributed by atoms with Crippen LogP contribution in [0.15, 0.2) is 110 Å². The molecule has 0 saturated carbocycles. The lowest BCUT2D eigenvalue weighted by molar-refractivity contribution is -0.112. The fraction of sp³-hybridized carbons (Fsp3) is 0.230. The van der Waals surface area contributed by atoms with Gasteiger partial charge >= 0.3 is 69.6 Å². The van der Waals surface area contributed by atoms with E-state index in [1.54, 1.807) is 12.1 Å². The van der Waals surface area contributed by atoms with Gasteiger partial charge < -0.3 is 64.5 Å². The van der Waals surface area contributed by atoms with E-state index in [0.717, 1.165) is 76.3 Å². The third-order valence-corrected chi connectivity index (χ3v) is 21.0. The molecule has 12 rings (SSSR count). The molecule has 0 unspecified atom stereocenters. The number of thiazole rings is 3. The first-order valence-corrected chi connectivity index (χ1v) is 37.7. The van der Waals surface area contributed by atoms with Crippen LogP contribution in [0.4, 0.5) is 0 Å². The monoisotopic (exact) mass is 1620 g/mol. The smallest absolute Gasteiger partial charge is 0.352 e. The molecule has 0 amide bonds. The number of nitrogens with zero attached hydrogens (tertiary/aromatic N) is 3. The van der Waals surface area contributed by atoms with Crippen LogP contribution < -0.4 is 33.8 Å². The number of hydrogen-bond donors (Lipinski definition) is 0. The third kappa shape index (κ3) is 22.9. The van der Waals surface area contributed by atoms with Crippen LogP contribution in [0.3, 0.4) is 0 Å². The first kappa shape index (κ1) is 85.0. The molecule has 0 fully saturated rings. The Morgan fingerprint density at radius 1 is 0.352 bits per heavy atom. The van der Waals surface area contributed by atoms with Crippen LogP contribution in [0.1, 0.15) is 91.8 Å². The van der Waals surface area contributed by atoms with Gasteiger partial charge in [-0.2, -0.15) is 0 Å². The molecule has 0 atom stereocenters. The molecule has 12 heterocycles. The second kappa shape index (κ2) is 37.5. The van der Waals surface area contributed by atoms with Gasteiger partial charge in [0, 0.05) is 27.5 Å². The molecule has 0 aliphatic heterocycles. The van der Waals surface area contributed by atoms with Crippen molar-refractivity contribution < 1.29 is 110 Å². The molecule has 0 bridgehead atoms. The maximum Gasteiger partial charge on any atom is 0.352 e. The van der Waals surface area contributed by atoms with E-state index in [2.05, 4.69) is 43.4 Å². The number of rotatable bonds is 18. The van der Waals surface area contributed by atoms with Gasteiger partial charge in [0.1, 0.15) is 60.1 Å². The summed E-state index contributed by atoms with van der Waals surface area (Å²) in [5.41, 5.74) is -5.57. The van der Waals surface area contributed by atoms with Gasteiger partial charge in [0.15, 0.2) is 15.7 Å². The molecule has 0 aromatic carbocycles. The molecule has 12 radical (unpaired) electrons. The van der Waals surface area contributed by atoms with E-state index in [9.17, 15) is 84.0 Å². The minimum atomic E-state index is -3.73. The van der Waals surface area contributed by atoms with Crippen molar-refractivity contribution in [2.24, 2.45) is 0 Å². The summed E-state index contributed by atoms with van der Waals surface area (Å²) in [6.45, 7) is 0. The maximum absolute atomic E-state index is 11.5. The summed E-state index contributed by atoms with van der Waals surface area (Å²) in [5, 5.41) is 1.36. The van der Waals surface area contributed by atoms with Gasteiger partial charge in [-0.05, 0) is 67.4 Å². The average molecular weight is 1620 g/mol. The molecule has 0 saturated heterocycles. The quantitative estimate of drug-likeness (QED) is 0.0634. The second-order valence-corrected chi connectivity index (χ2v) is 30.8. The van der Waals surface area contributed by atoms with E-state index in [0.29, 0.717) is 68.5 Å². The molecule has 108 heavy (non-hydrogen) atoms. The lowest BCUT2D eigenvalue weighted by Gasteiger charge is -1.96. The molecule has 0 N–H and O–H groups in total. The minimum absolute atomic E-state index is 0.0405. The molecule has 33 nitrogen and oxygen atoms in total. The zero-order chi connectivity index (χ0) is 79.8. The third-order valence-electron chi connectivity index (χ3n) is 13.0. The standard InChI is InChI=1S/C11H7BO5S.C11H9BO4S.C10H6BNO5S.C10H8BNO4S.C10H7BO6S2.C9H6BNO6S2/c1-16-10(14)6-4-8-7(17-11(6)15)2-5(18-8)3-9(12)13;1-15-10(13)7-5-9-8(16-11(7)14)4-6(17-9)2-3-12;1-16-9(14)4-2-5-8(17-10(4)15)12-7(18-5)3-6(11)13;1-15-9(13)5-4-6-8(16-10(5)14)12-7(17-6)2-3-11;1-16-9(12)6-3-8-7(17-10(6)13)2-5(18-8)4-19(11,14)15;1-16-8(12)4-2-5-7(17-9(4)13)11-6(18-5)3-19(10,14)15/h2,4H,3H2,1H3;4-5H,2-3H2,1H3;2H,3H2,1H3;4H,2-3H2,1H3;2-3H,4H2,1H3;2H,3H2,1H3.